The molecule has 0 aliphatic carbocycles. The lowest BCUT2D eigenvalue weighted by Gasteiger charge is -2.35. The average molecular weight is 557 g/mol. The van der Waals surface area contributed by atoms with E-state index in [9.17, 15) is 8.42 Å². The Kier molecular flexibility index (Phi) is 11.7. The van der Waals surface area contributed by atoms with E-state index in [-0.39, 0.29) is 17.1 Å². The van der Waals surface area contributed by atoms with Crippen molar-refractivity contribution in [3.63, 3.8) is 0 Å². The van der Waals surface area contributed by atoms with Gasteiger partial charge in [-0.2, -0.15) is 0 Å². The van der Waals surface area contributed by atoms with Gasteiger partial charge in [0.2, 0.25) is 0 Å². The molecule has 2 aromatic rings. The second-order valence-corrected chi connectivity index (χ2v) is 13.7. The van der Waals surface area contributed by atoms with E-state index in [0.717, 1.165) is 93.6 Å². The van der Waals surface area contributed by atoms with Crippen LogP contribution in [0.1, 0.15) is 96.1 Å². The molecule has 0 radical (unpaired) electrons. The van der Waals surface area contributed by atoms with Crippen LogP contribution in [-0.2, 0) is 9.84 Å². The van der Waals surface area contributed by atoms with Crippen LogP contribution in [0.5, 0.6) is 5.75 Å². The minimum absolute atomic E-state index is 0.00155. The van der Waals surface area contributed by atoms with E-state index in [1.807, 2.05) is 32.3 Å². The maximum absolute atomic E-state index is 14.0. The van der Waals surface area contributed by atoms with Crippen molar-refractivity contribution in [2.24, 2.45) is 5.41 Å². The SMILES string of the molecule is CCCCC1(CCCC)C[C@H](c2cccc(OCCN(CC)CCC)c2)c2cc(N(C)C)ccc2S(=O)(=O)C1. The average Bonchev–Trinajstić information content (AvgIpc) is 3.02. The van der Waals surface area contributed by atoms with Gasteiger partial charge in [-0.05, 0) is 85.6 Å². The van der Waals surface area contributed by atoms with E-state index >= 15 is 0 Å². The van der Waals surface area contributed by atoms with Gasteiger partial charge in [-0.3, -0.25) is 0 Å². The van der Waals surface area contributed by atoms with Crippen LogP contribution in [0.25, 0.3) is 0 Å². The summed E-state index contributed by atoms with van der Waals surface area (Å²) in [7, 11) is 0.603. The number of anilines is 1. The largest absolute Gasteiger partial charge is 0.492 e. The molecule has 0 spiro atoms. The molecule has 0 fully saturated rings. The third-order valence-electron chi connectivity index (χ3n) is 8.40. The standard InChI is InChI=1S/C33H52N2O3S/c1-7-11-18-33(19-12-8-2)25-31(30-24-28(34(5)6)16-17-32(30)39(36,37)26-33)27-14-13-15-29(23-27)38-22-21-35(10-4)20-9-3/h13-17,23-24,31H,7-12,18-22,25-26H2,1-6H3/t31-/m1/s1. The predicted octanol–water partition coefficient (Wildman–Crippen LogP) is 7.54. The molecule has 1 aliphatic heterocycles. The fraction of sp³-hybridized carbons (Fsp3) is 0.636. The van der Waals surface area contributed by atoms with Crippen molar-refractivity contribution >= 4 is 15.5 Å². The van der Waals surface area contributed by atoms with E-state index in [0.29, 0.717) is 11.5 Å². The minimum atomic E-state index is -3.43. The number of ether oxygens (including phenoxy) is 1. The van der Waals surface area contributed by atoms with Gasteiger partial charge in [0.25, 0.3) is 0 Å². The van der Waals surface area contributed by atoms with Gasteiger partial charge in [0.1, 0.15) is 12.4 Å². The van der Waals surface area contributed by atoms with Crippen molar-refractivity contribution in [3.05, 3.63) is 53.6 Å². The summed E-state index contributed by atoms with van der Waals surface area (Å²) in [5.74, 6) is 1.11. The maximum Gasteiger partial charge on any atom is 0.179 e. The molecule has 0 unspecified atom stereocenters. The first-order valence-corrected chi connectivity index (χ1v) is 16.8. The number of nitrogens with zero attached hydrogens (tertiary/aromatic N) is 2. The summed E-state index contributed by atoms with van der Waals surface area (Å²) in [6, 6.07) is 14.4. The molecule has 1 atom stereocenters. The second-order valence-electron chi connectivity index (χ2n) is 11.7. The van der Waals surface area contributed by atoms with Gasteiger partial charge in [0.05, 0.1) is 10.6 Å². The highest BCUT2D eigenvalue weighted by Gasteiger charge is 2.43. The highest BCUT2D eigenvalue weighted by molar-refractivity contribution is 7.91. The molecule has 0 aromatic heterocycles. The van der Waals surface area contributed by atoms with Crippen LogP contribution < -0.4 is 9.64 Å². The van der Waals surface area contributed by atoms with Crippen molar-refractivity contribution in [1.29, 1.82) is 0 Å². The second kappa shape index (κ2) is 14.5. The number of unbranched alkanes of at least 4 members (excludes halogenated alkanes) is 2. The first kappa shape index (κ1) is 31.5. The zero-order chi connectivity index (χ0) is 28.5. The number of fused-ring (bicyclic) bond motifs is 1. The van der Waals surface area contributed by atoms with Gasteiger partial charge in [-0.15, -0.1) is 0 Å². The molecule has 1 aliphatic rings. The first-order valence-electron chi connectivity index (χ1n) is 15.2. The van der Waals surface area contributed by atoms with E-state index < -0.39 is 9.84 Å². The van der Waals surface area contributed by atoms with Gasteiger partial charge >= 0.3 is 0 Å². The first-order chi connectivity index (χ1) is 18.7. The number of rotatable bonds is 15. The quantitative estimate of drug-likeness (QED) is 0.227. The zero-order valence-electron chi connectivity index (χ0n) is 25.3. The van der Waals surface area contributed by atoms with Crippen LogP contribution in [0.3, 0.4) is 0 Å². The number of benzene rings is 2. The zero-order valence-corrected chi connectivity index (χ0v) is 26.2. The number of hydrogen-bond acceptors (Lipinski definition) is 5. The molecule has 0 N–H and O–H groups in total. The van der Waals surface area contributed by atoms with Crippen molar-refractivity contribution < 1.29 is 13.2 Å². The fourth-order valence-electron chi connectivity index (χ4n) is 6.18. The minimum Gasteiger partial charge on any atom is -0.492 e. The van der Waals surface area contributed by atoms with Crippen LogP contribution in [-0.4, -0.2) is 59.4 Å². The lowest BCUT2D eigenvalue weighted by Crippen LogP contribution is -2.30. The topological polar surface area (TPSA) is 49.9 Å². The Bertz CT molecular complexity index is 1140. The number of sulfone groups is 1. The predicted molar refractivity (Wildman–Crippen MR) is 165 cm³/mol. The van der Waals surface area contributed by atoms with E-state index in [1.54, 1.807) is 0 Å². The number of likely N-dealkylation sites (N-methyl/N-ethyl adjacent to an activating group) is 1. The van der Waals surface area contributed by atoms with Gasteiger partial charge in [0, 0.05) is 32.2 Å². The molecule has 39 heavy (non-hydrogen) atoms. The van der Waals surface area contributed by atoms with Gasteiger partial charge in [-0.1, -0.05) is 65.5 Å². The smallest absolute Gasteiger partial charge is 0.179 e. The van der Waals surface area contributed by atoms with Crippen molar-refractivity contribution in [2.75, 3.05) is 51.0 Å². The molecule has 2 aromatic carbocycles. The van der Waals surface area contributed by atoms with Crippen LogP contribution in [0.2, 0.25) is 0 Å². The molecule has 0 saturated carbocycles. The van der Waals surface area contributed by atoms with Gasteiger partial charge in [-0.25, -0.2) is 8.42 Å². The molecule has 1 heterocycles. The van der Waals surface area contributed by atoms with Crippen molar-refractivity contribution in [3.8, 4) is 5.75 Å². The molecular weight excluding hydrogens is 504 g/mol. The molecule has 6 heteroatoms. The van der Waals surface area contributed by atoms with E-state index in [4.69, 9.17) is 4.74 Å². The summed E-state index contributed by atoms with van der Waals surface area (Å²) in [5.41, 5.74) is 2.89. The molecule has 0 amide bonds. The van der Waals surface area contributed by atoms with Crippen LogP contribution >= 0.6 is 0 Å². The summed E-state index contributed by atoms with van der Waals surface area (Å²) < 4.78 is 34.3. The Morgan fingerprint density at radius 2 is 1.64 bits per heavy atom. The molecule has 5 nitrogen and oxygen atoms in total. The molecule has 0 bridgehead atoms. The lowest BCUT2D eigenvalue weighted by molar-refractivity contribution is 0.215. The summed E-state index contributed by atoms with van der Waals surface area (Å²) in [5, 5.41) is 0. The van der Waals surface area contributed by atoms with Crippen molar-refractivity contribution in [1.82, 2.24) is 4.90 Å². The Labute approximate surface area is 238 Å². The third-order valence-corrected chi connectivity index (χ3v) is 10.4. The Morgan fingerprint density at radius 3 is 2.26 bits per heavy atom. The lowest BCUT2D eigenvalue weighted by atomic mass is 9.70. The maximum atomic E-state index is 14.0. The molecule has 0 saturated heterocycles. The fourth-order valence-corrected chi connectivity index (χ4v) is 8.39. The van der Waals surface area contributed by atoms with Gasteiger partial charge < -0.3 is 14.5 Å². The van der Waals surface area contributed by atoms with Crippen molar-refractivity contribution in [2.45, 2.75) is 89.9 Å². The third kappa shape index (κ3) is 8.23. The summed E-state index contributed by atoms with van der Waals surface area (Å²) >= 11 is 0. The normalized spacial score (nSPS) is 18.0. The highest BCUT2D eigenvalue weighted by atomic mass is 32.2. The van der Waals surface area contributed by atoms with Crippen LogP contribution in [0.4, 0.5) is 5.69 Å². The summed E-state index contributed by atoms with van der Waals surface area (Å²) in [6.45, 7) is 12.5. The van der Waals surface area contributed by atoms with Crippen LogP contribution in [0, 0.1) is 5.41 Å². The highest BCUT2D eigenvalue weighted by Crippen LogP contribution is 2.50. The van der Waals surface area contributed by atoms with Crippen LogP contribution in [0.15, 0.2) is 47.4 Å². The van der Waals surface area contributed by atoms with E-state index in [2.05, 4.69) is 61.8 Å². The summed E-state index contributed by atoms with van der Waals surface area (Å²) in [6.07, 6.45) is 8.15. The molecule has 218 valence electrons. The van der Waals surface area contributed by atoms with E-state index in [1.165, 1.54) is 0 Å². The Balaban J connectivity index is 2.06. The Morgan fingerprint density at radius 1 is 0.923 bits per heavy atom. The molecule has 3 rings (SSSR count). The monoisotopic (exact) mass is 556 g/mol. The number of hydrogen-bond donors (Lipinski definition) is 0. The summed E-state index contributed by atoms with van der Waals surface area (Å²) in [4.78, 5) is 4.98. The molecular formula is C33H52N2O3S. The van der Waals surface area contributed by atoms with Gasteiger partial charge in [0.15, 0.2) is 9.84 Å². The Hall–Kier alpha value is -2.05.